The van der Waals surface area contributed by atoms with E-state index in [1.807, 2.05) is 17.5 Å². The van der Waals surface area contributed by atoms with E-state index in [9.17, 15) is 5.11 Å². The predicted molar refractivity (Wildman–Crippen MR) is 151 cm³/mol. The fraction of sp³-hybridized carbons (Fsp3) is 0.517. The van der Waals surface area contributed by atoms with Crippen LogP contribution in [0.25, 0.3) is 10.6 Å². The van der Waals surface area contributed by atoms with Gasteiger partial charge in [-0.1, -0.05) is 19.9 Å². The lowest BCUT2D eigenvalue weighted by atomic mass is 9.98. The van der Waals surface area contributed by atoms with E-state index in [1.54, 1.807) is 19.5 Å². The second-order valence-corrected chi connectivity index (χ2v) is 10.5. The topological polar surface area (TPSA) is 70.5 Å². The molecule has 0 aliphatic carbocycles. The molecule has 6 nitrogen and oxygen atoms in total. The van der Waals surface area contributed by atoms with E-state index >= 15 is 0 Å². The second kappa shape index (κ2) is 13.3. The molecule has 0 aliphatic heterocycles. The van der Waals surface area contributed by atoms with Gasteiger partial charge in [-0.05, 0) is 81.8 Å². The van der Waals surface area contributed by atoms with Crippen molar-refractivity contribution >= 4 is 11.3 Å². The molecule has 3 rings (SSSR count). The maximum absolute atomic E-state index is 10.9. The number of methoxy groups -OCH3 is 1. The number of aliphatic hydroxyl groups excluding tert-OH is 1. The van der Waals surface area contributed by atoms with Crippen LogP contribution < -0.4 is 10.1 Å². The summed E-state index contributed by atoms with van der Waals surface area (Å²) in [4.78, 5) is 11.4. The van der Waals surface area contributed by atoms with Crippen LogP contribution in [0.1, 0.15) is 77.0 Å². The molecule has 0 fully saturated rings. The van der Waals surface area contributed by atoms with Crippen LogP contribution in [0.5, 0.6) is 5.75 Å². The minimum Gasteiger partial charge on any atom is -0.496 e. The summed E-state index contributed by atoms with van der Waals surface area (Å²) in [5.74, 6) is 0.942. The van der Waals surface area contributed by atoms with E-state index in [2.05, 4.69) is 73.9 Å². The van der Waals surface area contributed by atoms with Gasteiger partial charge < -0.3 is 9.84 Å². The van der Waals surface area contributed by atoms with Gasteiger partial charge in [0.2, 0.25) is 0 Å². The van der Waals surface area contributed by atoms with Gasteiger partial charge in [-0.3, -0.25) is 15.2 Å². The highest BCUT2D eigenvalue weighted by atomic mass is 32.1. The summed E-state index contributed by atoms with van der Waals surface area (Å²) in [5.41, 5.74) is 5.47. The molecule has 1 aromatic carbocycles. The quantitative estimate of drug-likeness (QED) is 0.254. The Labute approximate surface area is 222 Å². The van der Waals surface area contributed by atoms with Crippen LogP contribution in [-0.2, 0) is 6.54 Å². The molecule has 0 saturated carbocycles. The summed E-state index contributed by atoms with van der Waals surface area (Å²) in [6.07, 6.45) is 5.70. The number of pyridine rings is 1. The number of aromatic nitrogens is 2. The third kappa shape index (κ3) is 6.91. The number of nitrogens with zero attached hydrogens (tertiary/aromatic N) is 3. The molecular weight excluding hydrogens is 468 g/mol. The summed E-state index contributed by atoms with van der Waals surface area (Å²) in [5, 5.41) is 17.2. The number of nitrogens with one attached hydrogen (secondary N) is 1. The van der Waals surface area contributed by atoms with Crippen molar-refractivity contribution in [1.29, 1.82) is 0 Å². The number of hydrogen-bond acceptors (Lipinski definition) is 7. The van der Waals surface area contributed by atoms with E-state index in [4.69, 9.17) is 4.74 Å². The van der Waals surface area contributed by atoms with Crippen molar-refractivity contribution in [3.8, 4) is 16.3 Å². The van der Waals surface area contributed by atoms with Gasteiger partial charge in [0.15, 0.2) is 0 Å². The van der Waals surface area contributed by atoms with E-state index in [1.165, 1.54) is 28.0 Å². The molecule has 0 bridgehead atoms. The molecular formula is C29H44N4O2S. The zero-order valence-electron chi connectivity index (χ0n) is 22.8. The van der Waals surface area contributed by atoms with Crippen molar-refractivity contribution in [2.24, 2.45) is 0 Å². The van der Waals surface area contributed by atoms with Crippen molar-refractivity contribution in [3.05, 3.63) is 64.4 Å². The van der Waals surface area contributed by atoms with Gasteiger partial charge in [0, 0.05) is 49.4 Å². The molecule has 0 aliphatic rings. The highest BCUT2D eigenvalue weighted by molar-refractivity contribution is 7.13. The maximum atomic E-state index is 10.9. The monoisotopic (exact) mass is 512 g/mol. The van der Waals surface area contributed by atoms with Gasteiger partial charge in [0.05, 0.1) is 12.8 Å². The molecule has 2 N–H and O–H groups in total. The highest BCUT2D eigenvalue weighted by Crippen LogP contribution is 2.28. The van der Waals surface area contributed by atoms with Gasteiger partial charge >= 0.3 is 0 Å². The zero-order valence-corrected chi connectivity index (χ0v) is 23.6. The van der Waals surface area contributed by atoms with Gasteiger partial charge in [0.1, 0.15) is 17.0 Å². The minimum absolute atomic E-state index is 0. The molecule has 0 saturated heterocycles. The van der Waals surface area contributed by atoms with Crippen LogP contribution in [0.15, 0.2) is 42.0 Å². The van der Waals surface area contributed by atoms with Crippen LogP contribution in [0.3, 0.4) is 0 Å². The van der Waals surface area contributed by atoms with Crippen molar-refractivity contribution in [1.82, 2.24) is 20.2 Å². The summed E-state index contributed by atoms with van der Waals surface area (Å²) < 4.78 is 5.52. The smallest absolute Gasteiger partial charge is 0.149 e. The van der Waals surface area contributed by atoms with Crippen LogP contribution in [0.2, 0.25) is 0 Å². The standard InChI is InChI=1S/C29H42N4O2S.H2/c1-8-19(3)33(17-24-12-13-27(35-7)22(6)21(24)5)20(4)15-25(9-2)31-28(34)26-18-36-29(32-26)23-11-10-14-30-16-23;/h10-14,16,18-20,25,28,31,34H,8-9,15,17H2,1-7H3;1H/t19-,20?,25?,28?;/m0./s1. The largest absolute Gasteiger partial charge is 0.496 e. The van der Waals surface area contributed by atoms with E-state index < -0.39 is 6.23 Å². The Hall–Kier alpha value is -2.32. The SMILES string of the molecule is CCC(CC(C)N(Cc1ccc(OC)c(C)c1C)[C@@H](C)CC)NC(O)c1csc(-c2cccnc2)n1.[HH]. The fourth-order valence-corrected chi connectivity index (χ4v) is 5.49. The van der Waals surface area contributed by atoms with Gasteiger partial charge in [-0.15, -0.1) is 11.3 Å². The molecule has 3 unspecified atom stereocenters. The van der Waals surface area contributed by atoms with Gasteiger partial charge in [0.25, 0.3) is 0 Å². The van der Waals surface area contributed by atoms with Crippen LogP contribution in [0.4, 0.5) is 0 Å². The Balaban J connectivity index is 0.00000481. The number of benzene rings is 1. The van der Waals surface area contributed by atoms with Crippen molar-refractivity contribution in [2.45, 2.75) is 91.7 Å². The van der Waals surface area contributed by atoms with E-state index in [0.29, 0.717) is 17.8 Å². The summed E-state index contributed by atoms with van der Waals surface area (Å²) >= 11 is 1.53. The summed E-state index contributed by atoms with van der Waals surface area (Å²) in [6, 6.07) is 9.13. The number of rotatable bonds is 13. The zero-order chi connectivity index (χ0) is 26.2. The van der Waals surface area contributed by atoms with E-state index in [0.717, 1.165) is 42.1 Å². The lowest BCUT2D eigenvalue weighted by Crippen LogP contribution is -2.44. The van der Waals surface area contributed by atoms with Crippen LogP contribution in [0, 0.1) is 13.8 Å². The molecule has 0 radical (unpaired) electrons. The highest BCUT2D eigenvalue weighted by Gasteiger charge is 2.25. The lowest BCUT2D eigenvalue weighted by Gasteiger charge is -2.37. The van der Waals surface area contributed by atoms with Crippen LogP contribution in [-0.4, -0.2) is 45.2 Å². The normalized spacial score (nSPS) is 15.0. The molecule has 0 spiro atoms. The molecule has 2 aromatic heterocycles. The predicted octanol–water partition coefficient (Wildman–Crippen LogP) is 6.51. The average molecular weight is 513 g/mol. The third-order valence-corrected chi connectivity index (χ3v) is 8.28. The number of thiazole rings is 1. The van der Waals surface area contributed by atoms with Crippen molar-refractivity contribution in [3.63, 3.8) is 0 Å². The molecule has 7 heteroatoms. The Kier molecular flexibility index (Phi) is 10.4. The maximum Gasteiger partial charge on any atom is 0.149 e. The third-order valence-electron chi connectivity index (χ3n) is 7.37. The molecule has 4 atom stereocenters. The van der Waals surface area contributed by atoms with Crippen molar-refractivity contribution in [2.75, 3.05) is 7.11 Å². The molecule has 2 heterocycles. The Morgan fingerprint density at radius 3 is 2.53 bits per heavy atom. The summed E-state index contributed by atoms with van der Waals surface area (Å²) in [6.45, 7) is 14.2. The molecule has 198 valence electrons. The molecule has 3 aromatic rings. The Bertz CT molecular complexity index is 1090. The number of ether oxygens (including phenoxy) is 1. The van der Waals surface area contributed by atoms with Crippen LogP contribution >= 0.6 is 11.3 Å². The average Bonchev–Trinajstić information content (AvgIpc) is 3.40. The lowest BCUT2D eigenvalue weighted by molar-refractivity contribution is 0.0906. The van der Waals surface area contributed by atoms with Gasteiger partial charge in [-0.25, -0.2) is 4.98 Å². The minimum atomic E-state index is -0.799. The second-order valence-electron chi connectivity index (χ2n) is 9.68. The first-order chi connectivity index (χ1) is 17.3. The Morgan fingerprint density at radius 1 is 1.11 bits per heavy atom. The molecule has 0 amide bonds. The van der Waals surface area contributed by atoms with Crippen molar-refractivity contribution < 1.29 is 11.3 Å². The summed E-state index contributed by atoms with van der Waals surface area (Å²) in [7, 11) is 1.73. The van der Waals surface area contributed by atoms with Gasteiger partial charge in [-0.2, -0.15) is 0 Å². The fourth-order valence-electron chi connectivity index (χ4n) is 4.66. The first-order valence-electron chi connectivity index (χ1n) is 13.0. The first-order valence-corrected chi connectivity index (χ1v) is 13.9. The molecule has 36 heavy (non-hydrogen) atoms. The number of aliphatic hydroxyl groups is 1. The van der Waals surface area contributed by atoms with E-state index in [-0.39, 0.29) is 7.47 Å². The number of hydrogen-bond donors (Lipinski definition) is 2. The first kappa shape index (κ1) is 28.3. The Morgan fingerprint density at radius 2 is 1.89 bits per heavy atom.